The van der Waals surface area contributed by atoms with Crippen molar-refractivity contribution in [1.29, 1.82) is 0 Å². The second-order valence-electron chi connectivity index (χ2n) is 10.3. The molecule has 1 saturated heterocycles. The molecule has 0 radical (unpaired) electrons. The zero-order valence-electron chi connectivity index (χ0n) is 24.5. The summed E-state index contributed by atoms with van der Waals surface area (Å²) in [6.45, 7) is 4.35. The summed E-state index contributed by atoms with van der Waals surface area (Å²) in [5.41, 5.74) is 4.14. The van der Waals surface area contributed by atoms with Crippen molar-refractivity contribution in [3.8, 4) is 0 Å². The van der Waals surface area contributed by atoms with Crippen LogP contribution in [0.5, 0.6) is 0 Å². The molecule has 1 aliphatic rings. The number of ether oxygens (including phenoxy) is 5. The van der Waals surface area contributed by atoms with Gasteiger partial charge in [-0.2, -0.15) is 0 Å². The molecule has 1 fully saturated rings. The lowest BCUT2D eigenvalue weighted by molar-refractivity contribution is -0.254. The maximum absolute atomic E-state index is 6.80. The van der Waals surface area contributed by atoms with Crippen molar-refractivity contribution in [2.45, 2.75) is 63.2 Å². The fraction of sp³-hybridized carbons (Fsp3) is 0.333. The molecule has 5 unspecified atom stereocenters. The Labute approximate surface area is 263 Å². The van der Waals surface area contributed by atoms with Crippen LogP contribution in [0.25, 0.3) is 0 Å². The monoisotopic (exact) mass is 616 g/mol. The summed E-state index contributed by atoms with van der Waals surface area (Å²) in [6, 6.07) is 40.9. The average Bonchev–Trinajstić information content (AvgIpc) is 3.07. The Kier molecular flexibility index (Phi) is 13.0. The van der Waals surface area contributed by atoms with Gasteiger partial charge in [0.15, 0.2) is 0 Å². The predicted molar refractivity (Wildman–Crippen MR) is 176 cm³/mol. The van der Waals surface area contributed by atoms with E-state index in [-0.39, 0.29) is 23.7 Å². The fourth-order valence-corrected chi connectivity index (χ4v) is 7.04. The van der Waals surface area contributed by atoms with Crippen LogP contribution < -0.4 is 0 Å². The lowest BCUT2D eigenvalue weighted by atomic mass is 9.98. The normalized spacial score (nSPS) is 21.9. The van der Waals surface area contributed by atoms with E-state index in [0.29, 0.717) is 33.0 Å². The first-order chi connectivity index (χ1) is 21.3. The number of hydrogen-bond acceptors (Lipinski definition) is 7. The minimum absolute atomic E-state index is 0.267. The summed E-state index contributed by atoms with van der Waals surface area (Å²) >= 11 is 0. The highest BCUT2D eigenvalue weighted by molar-refractivity contribution is 8.76. The Morgan fingerprint density at radius 1 is 0.535 bits per heavy atom. The molecule has 5 nitrogen and oxygen atoms in total. The van der Waals surface area contributed by atoms with Crippen LogP contribution >= 0.6 is 21.6 Å². The summed E-state index contributed by atoms with van der Waals surface area (Å²) in [5.74, 6) is 0.953. The molecule has 43 heavy (non-hydrogen) atoms. The maximum Gasteiger partial charge on any atom is 0.142 e. The van der Waals surface area contributed by atoms with Crippen molar-refractivity contribution in [3.63, 3.8) is 0 Å². The number of hydrogen-bond donors (Lipinski definition) is 0. The molecule has 7 heteroatoms. The maximum atomic E-state index is 6.80. The highest BCUT2D eigenvalue weighted by Gasteiger charge is 2.48. The first kappa shape index (κ1) is 31.8. The van der Waals surface area contributed by atoms with E-state index in [0.717, 1.165) is 28.0 Å². The quantitative estimate of drug-likeness (QED) is 0.118. The van der Waals surface area contributed by atoms with Gasteiger partial charge in [0.05, 0.1) is 33.0 Å². The van der Waals surface area contributed by atoms with Crippen molar-refractivity contribution >= 4 is 21.6 Å². The second-order valence-corrected chi connectivity index (χ2v) is 13.1. The summed E-state index contributed by atoms with van der Waals surface area (Å²) in [7, 11) is 3.46. The van der Waals surface area contributed by atoms with Crippen LogP contribution in [0, 0.1) is 0 Å². The second kappa shape index (κ2) is 17.6. The highest BCUT2D eigenvalue weighted by Crippen LogP contribution is 2.39. The molecule has 226 valence electrons. The SMILES string of the molecule is CCSSC1OC(COCc2ccccc2)C(OCc2ccccc2)C(OCc2ccccc2)C1OCc1ccccc1. The zero-order valence-corrected chi connectivity index (χ0v) is 26.2. The molecule has 5 rings (SSSR count). The van der Waals surface area contributed by atoms with Gasteiger partial charge >= 0.3 is 0 Å². The summed E-state index contributed by atoms with van der Waals surface area (Å²) in [4.78, 5) is 0. The summed E-state index contributed by atoms with van der Waals surface area (Å²) in [5, 5.41) is 0. The van der Waals surface area contributed by atoms with Gasteiger partial charge in [0, 0.05) is 5.75 Å². The minimum atomic E-state index is -0.413. The van der Waals surface area contributed by atoms with Gasteiger partial charge < -0.3 is 23.7 Å². The van der Waals surface area contributed by atoms with E-state index >= 15 is 0 Å². The van der Waals surface area contributed by atoms with Gasteiger partial charge in [-0.15, -0.1) is 0 Å². The zero-order chi connectivity index (χ0) is 29.5. The van der Waals surface area contributed by atoms with Gasteiger partial charge in [-0.1, -0.05) is 150 Å². The van der Waals surface area contributed by atoms with Crippen LogP contribution in [0.4, 0.5) is 0 Å². The summed E-state index contributed by atoms with van der Waals surface area (Å²) < 4.78 is 33.2. The molecular weight excluding hydrogens is 577 g/mol. The third kappa shape index (κ3) is 9.95. The molecule has 0 aliphatic carbocycles. The van der Waals surface area contributed by atoms with Crippen LogP contribution in [0.15, 0.2) is 121 Å². The van der Waals surface area contributed by atoms with E-state index in [2.05, 4.69) is 55.5 Å². The molecular formula is C36H40O5S2. The Hall–Kier alpha value is -2.62. The van der Waals surface area contributed by atoms with E-state index in [1.807, 2.05) is 72.8 Å². The first-order valence-corrected chi connectivity index (χ1v) is 17.2. The molecule has 0 amide bonds. The van der Waals surface area contributed by atoms with Crippen LogP contribution in [-0.2, 0) is 50.1 Å². The molecule has 0 saturated carbocycles. The molecule has 0 spiro atoms. The fourth-order valence-electron chi connectivity index (χ4n) is 4.96. The van der Waals surface area contributed by atoms with Gasteiger partial charge in [0.2, 0.25) is 0 Å². The van der Waals surface area contributed by atoms with Crippen molar-refractivity contribution in [2.75, 3.05) is 12.4 Å². The third-order valence-corrected chi connectivity index (χ3v) is 9.75. The lowest BCUT2D eigenvalue weighted by Crippen LogP contribution is -2.60. The lowest BCUT2D eigenvalue weighted by Gasteiger charge is -2.45. The molecule has 1 aliphatic heterocycles. The molecule has 0 N–H and O–H groups in total. The van der Waals surface area contributed by atoms with Crippen LogP contribution in [0.3, 0.4) is 0 Å². The van der Waals surface area contributed by atoms with Crippen LogP contribution in [0.2, 0.25) is 0 Å². The first-order valence-electron chi connectivity index (χ1n) is 14.8. The van der Waals surface area contributed by atoms with Crippen molar-refractivity contribution in [3.05, 3.63) is 144 Å². The van der Waals surface area contributed by atoms with Crippen molar-refractivity contribution < 1.29 is 23.7 Å². The molecule has 0 bridgehead atoms. The number of rotatable bonds is 16. The number of benzene rings is 4. The predicted octanol–water partition coefficient (Wildman–Crippen LogP) is 8.09. The van der Waals surface area contributed by atoms with E-state index in [4.69, 9.17) is 23.7 Å². The Morgan fingerprint density at radius 3 is 1.42 bits per heavy atom. The van der Waals surface area contributed by atoms with Gasteiger partial charge in [-0.25, -0.2) is 0 Å². The molecule has 1 heterocycles. The van der Waals surface area contributed by atoms with Gasteiger partial charge in [-0.05, 0) is 22.3 Å². The van der Waals surface area contributed by atoms with Crippen LogP contribution in [-0.4, -0.2) is 42.2 Å². The molecule has 0 aromatic heterocycles. The van der Waals surface area contributed by atoms with E-state index in [1.165, 1.54) is 0 Å². The van der Waals surface area contributed by atoms with E-state index in [1.54, 1.807) is 21.6 Å². The molecule has 4 aromatic rings. The third-order valence-electron chi connectivity index (χ3n) is 7.12. The topological polar surface area (TPSA) is 46.2 Å². The van der Waals surface area contributed by atoms with Gasteiger partial charge in [0.1, 0.15) is 29.9 Å². The van der Waals surface area contributed by atoms with E-state index in [9.17, 15) is 0 Å². The highest BCUT2D eigenvalue weighted by atomic mass is 33.1. The summed E-state index contributed by atoms with van der Waals surface area (Å²) in [6.07, 6.45) is -1.51. The van der Waals surface area contributed by atoms with Gasteiger partial charge in [-0.3, -0.25) is 0 Å². The van der Waals surface area contributed by atoms with Crippen LogP contribution in [0.1, 0.15) is 29.2 Å². The van der Waals surface area contributed by atoms with Gasteiger partial charge in [0.25, 0.3) is 0 Å². The largest absolute Gasteiger partial charge is 0.374 e. The Morgan fingerprint density at radius 2 is 0.953 bits per heavy atom. The van der Waals surface area contributed by atoms with E-state index < -0.39 is 6.10 Å². The van der Waals surface area contributed by atoms with Crippen molar-refractivity contribution in [2.24, 2.45) is 0 Å². The average molecular weight is 617 g/mol. The van der Waals surface area contributed by atoms with Crippen molar-refractivity contribution in [1.82, 2.24) is 0 Å². The minimum Gasteiger partial charge on any atom is -0.374 e. The smallest absolute Gasteiger partial charge is 0.142 e. The Balaban J connectivity index is 1.41. The standard InChI is InChI=1S/C36H40O5S2/c1-2-42-43-36-35(40-26-31-21-13-6-14-22-31)34(39-25-30-19-11-5-12-20-30)33(38-24-29-17-9-4-10-18-29)32(41-36)27-37-23-28-15-7-3-8-16-28/h3-22,32-36H,2,23-27H2,1H3. The Bertz CT molecular complexity index is 1300. The molecule has 4 aromatic carbocycles. The molecule has 5 atom stereocenters.